The summed E-state index contributed by atoms with van der Waals surface area (Å²) in [6, 6.07) is 4.23. The number of benzene rings is 1. The maximum absolute atomic E-state index is 11.9. The highest BCUT2D eigenvalue weighted by Crippen LogP contribution is 2.18. The zero-order valence-electron chi connectivity index (χ0n) is 12.1. The molecule has 2 N–H and O–H groups in total. The van der Waals surface area contributed by atoms with Crippen LogP contribution in [0.25, 0.3) is 0 Å². The Morgan fingerprint density at radius 2 is 1.78 bits per heavy atom. The molecule has 0 fully saturated rings. The molecule has 0 heterocycles. The lowest BCUT2D eigenvalue weighted by Gasteiger charge is -2.21. The molecule has 1 rings (SSSR count). The lowest BCUT2D eigenvalue weighted by molar-refractivity contribution is -0.130. The Morgan fingerprint density at radius 3 is 2.22 bits per heavy atom. The van der Waals surface area contributed by atoms with Crippen LogP contribution in [0.5, 0.6) is 0 Å². The number of rotatable bonds is 4. The van der Waals surface area contributed by atoms with E-state index in [-0.39, 0.29) is 11.9 Å². The number of carbonyl (C=O) groups excluding carboxylic acids is 1. The first kappa shape index (κ1) is 14.7. The SMILES string of the molecule is Cc1cc(C)c(CN(C)C(=O)CC(C)N)c(C)c1. The monoisotopic (exact) mass is 248 g/mol. The first-order chi connectivity index (χ1) is 8.31. The smallest absolute Gasteiger partial charge is 0.224 e. The number of aryl methyl sites for hydroxylation is 3. The minimum atomic E-state index is -0.0832. The second-order valence-corrected chi connectivity index (χ2v) is 5.31. The number of hydrogen-bond donors (Lipinski definition) is 1. The first-order valence-corrected chi connectivity index (χ1v) is 6.37. The highest BCUT2D eigenvalue weighted by Gasteiger charge is 2.13. The van der Waals surface area contributed by atoms with Crippen molar-refractivity contribution in [3.8, 4) is 0 Å². The summed E-state index contributed by atoms with van der Waals surface area (Å²) in [4.78, 5) is 13.7. The molecule has 3 heteroatoms. The molecule has 0 bridgehead atoms. The van der Waals surface area contributed by atoms with Crippen molar-refractivity contribution in [2.45, 2.75) is 46.7 Å². The van der Waals surface area contributed by atoms with Crippen LogP contribution in [0.2, 0.25) is 0 Å². The highest BCUT2D eigenvalue weighted by molar-refractivity contribution is 5.76. The van der Waals surface area contributed by atoms with Crippen molar-refractivity contribution in [2.75, 3.05) is 7.05 Å². The molecule has 0 saturated heterocycles. The van der Waals surface area contributed by atoms with E-state index in [4.69, 9.17) is 5.73 Å². The zero-order chi connectivity index (χ0) is 13.9. The van der Waals surface area contributed by atoms with Gasteiger partial charge in [-0.05, 0) is 44.4 Å². The van der Waals surface area contributed by atoms with Crippen LogP contribution in [0.1, 0.15) is 35.6 Å². The molecule has 0 radical (unpaired) electrons. The van der Waals surface area contributed by atoms with Gasteiger partial charge < -0.3 is 10.6 Å². The van der Waals surface area contributed by atoms with E-state index in [9.17, 15) is 4.79 Å². The molecule has 0 saturated carbocycles. The van der Waals surface area contributed by atoms with Crippen molar-refractivity contribution in [1.82, 2.24) is 4.90 Å². The number of hydrogen-bond acceptors (Lipinski definition) is 2. The number of nitrogens with two attached hydrogens (primary N) is 1. The van der Waals surface area contributed by atoms with Crippen LogP contribution in [0, 0.1) is 20.8 Å². The first-order valence-electron chi connectivity index (χ1n) is 6.37. The number of carbonyl (C=O) groups is 1. The van der Waals surface area contributed by atoms with Gasteiger partial charge in [0.1, 0.15) is 0 Å². The van der Waals surface area contributed by atoms with Gasteiger partial charge in [-0.1, -0.05) is 17.7 Å². The van der Waals surface area contributed by atoms with Gasteiger partial charge in [-0.2, -0.15) is 0 Å². The summed E-state index contributed by atoms with van der Waals surface area (Å²) in [5.74, 6) is 0.101. The van der Waals surface area contributed by atoms with Crippen LogP contribution in [-0.2, 0) is 11.3 Å². The van der Waals surface area contributed by atoms with Gasteiger partial charge in [-0.15, -0.1) is 0 Å². The molecule has 100 valence electrons. The average Bonchev–Trinajstić information content (AvgIpc) is 2.21. The maximum Gasteiger partial charge on any atom is 0.224 e. The van der Waals surface area contributed by atoms with E-state index in [1.807, 2.05) is 14.0 Å². The standard InChI is InChI=1S/C15H24N2O/c1-10-6-11(2)14(12(3)7-10)9-17(5)15(18)8-13(4)16/h6-7,13H,8-9,16H2,1-5H3. The lowest BCUT2D eigenvalue weighted by Crippen LogP contribution is -2.31. The van der Waals surface area contributed by atoms with E-state index in [1.54, 1.807) is 4.90 Å². The molecule has 1 atom stereocenters. The minimum Gasteiger partial charge on any atom is -0.341 e. The van der Waals surface area contributed by atoms with Crippen LogP contribution in [0.4, 0.5) is 0 Å². The van der Waals surface area contributed by atoms with Crippen LogP contribution in [0.3, 0.4) is 0 Å². The van der Waals surface area contributed by atoms with E-state index in [2.05, 4.69) is 32.9 Å². The van der Waals surface area contributed by atoms with E-state index < -0.39 is 0 Å². The van der Waals surface area contributed by atoms with Gasteiger partial charge in [0.05, 0.1) is 0 Å². The maximum atomic E-state index is 11.9. The molecule has 1 aromatic rings. The molecule has 3 nitrogen and oxygen atoms in total. The summed E-state index contributed by atoms with van der Waals surface area (Å²) in [5, 5.41) is 0. The summed E-state index contributed by atoms with van der Waals surface area (Å²) < 4.78 is 0. The lowest BCUT2D eigenvalue weighted by atomic mass is 9.99. The van der Waals surface area contributed by atoms with Gasteiger partial charge in [0.15, 0.2) is 0 Å². The van der Waals surface area contributed by atoms with E-state index in [1.165, 1.54) is 22.3 Å². The Morgan fingerprint density at radius 1 is 1.28 bits per heavy atom. The predicted octanol–water partition coefficient (Wildman–Crippen LogP) is 2.31. The fourth-order valence-corrected chi connectivity index (χ4v) is 2.22. The summed E-state index contributed by atoms with van der Waals surface area (Å²) in [6.07, 6.45) is 0.403. The second kappa shape index (κ2) is 6.01. The Balaban J connectivity index is 2.82. The third-order valence-electron chi connectivity index (χ3n) is 3.16. The van der Waals surface area contributed by atoms with Crippen LogP contribution in [-0.4, -0.2) is 23.9 Å². The Hall–Kier alpha value is -1.35. The van der Waals surface area contributed by atoms with E-state index in [0.717, 1.165) is 0 Å². The summed E-state index contributed by atoms with van der Waals surface area (Å²) in [7, 11) is 1.84. The van der Waals surface area contributed by atoms with Crippen molar-refractivity contribution < 1.29 is 4.79 Å². The predicted molar refractivity (Wildman–Crippen MR) is 75.4 cm³/mol. The summed E-state index contributed by atoms with van der Waals surface area (Å²) in [5.41, 5.74) is 10.6. The Kier molecular flexibility index (Phi) is 4.91. The third-order valence-corrected chi connectivity index (χ3v) is 3.16. The van der Waals surface area contributed by atoms with Gasteiger partial charge in [-0.3, -0.25) is 4.79 Å². The highest BCUT2D eigenvalue weighted by atomic mass is 16.2. The van der Waals surface area contributed by atoms with Crippen LogP contribution < -0.4 is 5.73 Å². The Bertz CT molecular complexity index is 415. The molecular weight excluding hydrogens is 224 g/mol. The quantitative estimate of drug-likeness (QED) is 0.888. The van der Waals surface area contributed by atoms with E-state index >= 15 is 0 Å². The van der Waals surface area contributed by atoms with Gasteiger partial charge in [-0.25, -0.2) is 0 Å². The fraction of sp³-hybridized carbons (Fsp3) is 0.533. The molecule has 0 aliphatic heterocycles. The van der Waals surface area contributed by atoms with E-state index in [0.29, 0.717) is 13.0 Å². The molecule has 0 aliphatic carbocycles. The van der Waals surface area contributed by atoms with Crippen molar-refractivity contribution in [1.29, 1.82) is 0 Å². The molecule has 0 aromatic heterocycles. The van der Waals surface area contributed by atoms with Gasteiger partial charge >= 0.3 is 0 Å². The zero-order valence-corrected chi connectivity index (χ0v) is 12.1. The minimum absolute atomic E-state index is 0.0832. The van der Waals surface area contributed by atoms with Gasteiger partial charge in [0.2, 0.25) is 5.91 Å². The van der Waals surface area contributed by atoms with Crippen molar-refractivity contribution in [3.63, 3.8) is 0 Å². The second-order valence-electron chi connectivity index (χ2n) is 5.31. The molecular formula is C15H24N2O. The molecule has 0 aliphatic rings. The number of nitrogens with zero attached hydrogens (tertiary/aromatic N) is 1. The molecule has 1 amide bonds. The Labute approximate surface area is 110 Å². The molecule has 18 heavy (non-hydrogen) atoms. The normalized spacial score (nSPS) is 12.3. The average molecular weight is 248 g/mol. The molecule has 1 aromatic carbocycles. The van der Waals surface area contributed by atoms with Crippen LogP contribution >= 0.6 is 0 Å². The van der Waals surface area contributed by atoms with Gasteiger partial charge in [0, 0.05) is 26.1 Å². The summed E-state index contributed by atoms with van der Waals surface area (Å²) >= 11 is 0. The molecule has 0 spiro atoms. The van der Waals surface area contributed by atoms with Crippen LogP contribution in [0.15, 0.2) is 12.1 Å². The fourth-order valence-electron chi connectivity index (χ4n) is 2.22. The van der Waals surface area contributed by atoms with Crippen molar-refractivity contribution >= 4 is 5.91 Å². The third kappa shape index (κ3) is 3.84. The van der Waals surface area contributed by atoms with Gasteiger partial charge in [0.25, 0.3) is 0 Å². The largest absolute Gasteiger partial charge is 0.341 e. The number of amides is 1. The van der Waals surface area contributed by atoms with Crippen molar-refractivity contribution in [2.24, 2.45) is 5.73 Å². The topological polar surface area (TPSA) is 46.3 Å². The van der Waals surface area contributed by atoms with Crippen molar-refractivity contribution in [3.05, 3.63) is 34.4 Å². The summed E-state index contributed by atoms with van der Waals surface area (Å²) in [6.45, 7) is 8.80. The molecule has 1 unspecified atom stereocenters.